The zero-order valence-corrected chi connectivity index (χ0v) is 12.6. The van der Waals surface area contributed by atoms with Gasteiger partial charge in [0, 0.05) is 37.6 Å². The monoisotopic (exact) mass is 314 g/mol. The van der Waals surface area contributed by atoms with E-state index in [0.29, 0.717) is 12.1 Å². The van der Waals surface area contributed by atoms with Gasteiger partial charge in [0.15, 0.2) is 0 Å². The molecular weight excluding hydrogens is 296 g/mol. The Balaban J connectivity index is 1.73. The van der Waals surface area contributed by atoms with Crippen LogP contribution in [0.1, 0.15) is 18.4 Å². The summed E-state index contributed by atoms with van der Waals surface area (Å²) in [7, 11) is 0. The number of nitro groups is 1. The van der Waals surface area contributed by atoms with E-state index in [2.05, 4.69) is 10.3 Å². The van der Waals surface area contributed by atoms with Crippen LogP contribution in [0.4, 0.5) is 5.69 Å². The van der Waals surface area contributed by atoms with Crippen LogP contribution in [0.2, 0.25) is 0 Å². The van der Waals surface area contributed by atoms with Crippen molar-refractivity contribution in [2.75, 3.05) is 6.54 Å². The zero-order valence-electron chi connectivity index (χ0n) is 12.6. The molecule has 120 valence electrons. The molecule has 0 radical (unpaired) electrons. The van der Waals surface area contributed by atoms with E-state index in [-0.39, 0.29) is 11.6 Å². The van der Waals surface area contributed by atoms with Gasteiger partial charge in [0.2, 0.25) is 5.91 Å². The summed E-state index contributed by atoms with van der Waals surface area (Å²) < 4.78 is 1.98. The number of hydrogen-bond acceptors (Lipinski definition) is 4. The summed E-state index contributed by atoms with van der Waals surface area (Å²) >= 11 is 0. The van der Waals surface area contributed by atoms with Crippen LogP contribution in [0, 0.1) is 10.1 Å². The van der Waals surface area contributed by atoms with Gasteiger partial charge in [0.1, 0.15) is 0 Å². The third kappa shape index (κ3) is 5.39. The maximum absolute atomic E-state index is 11.7. The van der Waals surface area contributed by atoms with Gasteiger partial charge in [-0.25, -0.2) is 4.98 Å². The van der Waals surface area contributed by atoms with E-state index in [1.165, 1.54) is 18.2 Å². The molecule has 0 saturated carbocycles. The maximum Gasteiger partial charge on any atom is 0.276 e. The van der Waals surface area contributed by atoms with E-state index in [1.54, 1.807) is 30.7 Å². The van der Waals surface area contributed by atoms with E-state index in [0.717, 1.165) is 19.4 Å². The Bertz CT molecular complexity index is 680. The minimum absolute atomic E-state index is 0.0168. The van der Waals surface area contributed by atoms with Gasteiger partial charge in [-0.15, -0.1) is 0 Å². The minimum atomic E-state index is -0.465. The molecule has 0 saturated heterocycles. The van der Waals surface area contributed by atoms with E-state index < -0.39 is 4.92 Å². The van der Waals surface area contributed by atoms with Gasteiger partial charge in [-0.3, -0.25) is 14.9 Å². The van der Waals surface area contributed by atoms with Gasteiger partial charge in [0.05, 0.1) is 16.8 Å². The quantitative estimate of drug-likeness (QED) is 0.350. The number of para-hydroxylation sites is 1. The second-order valence-electron chi connectivity index (χ2n) is 4.95. The molecule has 0 aliphatic heterocycles. The molecule has 2 aromatic rings. The summed E-state index contributed by atoms with van der Waals surface area (Å²) in [5.74, 6) is -0.259. The number of carbonyl (C=O) groups is 1. The van der Waals surface area contributed by atoms with E-state index in [9.17, 15) is 14.9 Å². The average Bonchev–Trinajstić information content (AvgIpc) is 3.06. The van der Waals surface area contributed by atoms with E-state index in [4.69, 9.17) is 0 Å². The lowest BCUT2D eigenvalue weighted by molar-refractivity contribution is -0.385. The highest BCUT2D eigenvalue weighted by Crippen LogP contribution is 2.18. The first-order valence-corrected chi connectivity index (χ1v) is 7.32. The van der Waals surface area contributed by atoms with Crippen molar-refractivity contribution in [1.29, 1.82) is 0 Å². The molecule has 0 atom stereocenters. The van der Waals surface area contributed by atoms with Crippen LogP contribution in [0.3, 0.4) is 0 Å². The van der Waals surface area contributed by atoms with Crippen molar-refractivity contribution < 1.29 is 9.72 Å². The number of benzene rings is 1. The highest BCUT2D eigenvalue weighted by molar-refractivity contribution is 5.92. The van der Waals surface area contributed by atoms with Crippen molar-refractivity contribution in [3.63, 3.8) is 0 Å². The number of nitro benzene ring substituents is 1. The fourth-order valence-corrected chi connectivity index (χ4v) is 2.07. The first-order chi connectivity index (χ1) is 11.2. The fraction of sp³-hybridized carbons (Fsp3) is 0.250. The molecule has 23 heavy (non-hydrogen) atoms. The van der Waals surface area contributed by atoms with E-state index >= 15 is 0 Å². The summed E-state index contributed by atoms with van der Waals surface area (Å²) in [5.41, 5.74) is 0.393. The Labute approximate surface area is 133 Å². The van der Waals surface area contributed by atoms with Gasteiger partial charge in [-0.2, -0.15) is 0 Å². The van der Waals surface area contributed by atoms with Crippen LogP contribution in [-0.4, -0.2) is 26.9 Å². The lowest BCUT2D eigenvalue weighted by atomic mass is 10.1. The number of hydrogen-bond donors (Lipinski definition) is 1. The van der Waals surface area contributed by atoms with E-state index in [1.807, 2.05) is 10.8 Å². The highest BCUT2D eigenvalue weighted by Gasteiger charge is 2.09. The predicted octanol–water partition coefficient (Wildman–Crippen LogP) is 2.40. The second-order valence-corrected chi connectivity index (χ2v) is 4.95. The van der Waals surface area contributed by atoms with Crippen molar-refractivity contribution >= 4 is 17.7 Å². The van der Waals surface area contributed by atoms with Crippen LogP contribution in [0.5, 0.6) is 0 Å². The molecule has 0 spiro atoms. The maximum atomic E-state index is 11.7. The molecule has 7 nitrogen and oxygen atoms in total. The van der Waals surface area contributed by atoms with Crippen molar-refractivity contribution in [2.24, 2.45) is 0 Å². The number of aromatic nitrogens is 2. The number of carbonyl (C=O) groups excluding carboxylic acids is 1. The predicted molar refractivity (Wildman–Crippen MR) is 86.6 cm³/mol. The first-order valence-electron chi connectivity index (χ1n) is 7.32. The topological polar surface area (TPSA) is 90.1 Å². The molecule has 1 N–H and O–H groups in total. The number of nitrogens with one attached hydrogen (secondary N) is 1. The Morgan fingerprint density at radius 3 is 2.91 bits per heavy atom. The number of unbranched alkanes of at least 4 members (excludes halogenated alkanes) is 1. The van der Waals surface area contributed by atoms with Crippen LogP contribution < -0.4 is 5.32 Å². The molecule has 0 unspecified atom stereocenters. The Hall–Kier alpha value is -2.96. The van der Waals surface area contributed by atoms with Gasteiger partial charge in [0.25, 0.3) is 5.69 Å². The number of imidazole rings is 1. The third-order valence-corrected chi connectivity index (χ3v) is 3.25. The lowest BCUT2D eigenvalue weighted by Crippen LogP contribution is -2.22. The summed E-state index contributed by atoms with van der Waals surface area (Å²) in [6.07, 6.45) is 9.95. The molecule has 0 aliphatic rings. The standard InChI is InChI=1S/C16H18N4O3/c21-16(18-9-3-4-11-19-12-10-17-13-19)8-7-14-5-1-2-6-15(14)20(22)23/h1-2,5-8,10,12-13H,3-4,9,11H2,(H,18,21)/b8-7+. The van der Waals surface area contributed by atoms with Crippen molar-refractivity contribution in [1.82, 2.24) is 14.9 Å². The number of amides is 1. The summed E-state index contributed by atoms with van der Waals surface area (Å²) in [4.78, 5) is 26.1. The van der Waals surface area contributed by atoms with Crippen molar-refractivity contribution in [3.8, 4) is 0 Å². The molecule has 7 heteroatoms. The van der Waals surface area contributed by atoms with Crippen LogP contribution in [0.15, 0.2) is 49.1 Å². The molecule has 1 amide bonds. The smallest absolute Gasteiger partial charge is 0.276 e. The Morgan fingerprint density at radius 1 is 1.35 bits per heavy atom. The number of nitrogens with zero attached hydrogens (tertiary/aromatic N) is 3. The van der Waals surface area contributed by atoms with Crippen LogP contribution in [0.25, 0.3) is 6.08 Å². The average molecular weight is 314 g/mol. The fourth-order valence-electron chi connectivity index (χ4n) is 2.07. The summed E-state index contributed by atoms with van der Waals surface area (Å²) in [5, 5.41) is 13.6. The largest absolute Gasteiger partial charge is 0.353 e. The number of aryl methyl sites for hydroxylation is 1. The second kappa shape index (κ2) is 8.47. The zero-order chi connectivity index (χ0) is 16.5. The molecule has 2 rings (SSSR count). The Kier molecular flexibility index (Phi) is 6.05. The SMILES string of the molecule is O=C(/C=C/c1ccccc1[N+](=O)[O-])NCCCCn1ccnc1. The molecular formula is C16H18N4O3. The summed E-state index contributed by atoms with van der Waals surface area (Å²) in [6.45, 7) is 1.43. The van der Waals surface area contributed by atoms with Crippen LogP contribution >= 0.6 is 0 Å². The lowest BCUT2D eigenvalue weighted by Gasteiger charge is -2.03. The highest BCUT2D eigenvalue weighted by atomic mass is 16.6. The molecule has 1 aromatic heterocycles. The van der Waals surface area contributed by atoms with Crippen LogP contribution in [-0.2, 0) is 11.3 Å². The van der Waals surface area contributed by atoms with Crippen molar-refractivity contribution in [3.05, 3.63) is 64.7 Å². The van der Waals surface area contributed by atoms with Gasteiger partial charge >= 0.3 is 0 Å². The molecule has 0 fully saturated rings. The first kappa shape index (κ1) is 16.4. The molecule has 0 aliphatic carbocycles. The number of rotatable bonds is 8. The Morgan fingerprint density at radius 2 is 2.17 bits per heavy atom. The molecule has 1 aromatic carbocycles. The van der Waals surface area contributed by atoms with Gasteiger partial charge in [-0.05, 0) is 25.0 Å². The normalized spacial score (nSPS) is 10.8. The summed E-state index contributed by atoms with van der Waals surface area (Å²) in [6, 6.07) is 6.30. The third-order valence-electron chi connectivity index (χ3n) is 3.25. The van der Waals surface area contributed by atoms with Crippen molar-refractivity contribution in [2.45, 2.75) is 19.4 Å². The van der Waals surface area contributed by atoms with Gasteiger partial charge in [-0.1, -0.05) is 12.1 Å². The minimum Gasteiger partial charge on any atom is -0.353 e. The molecule has 0 bridgehead atoms. The van der Waals surface area contributed by atoms with Gasteiger partial charge < -0.3 is 9.88 Å². The molecule has 1 heterocycles.